The molecule has 0 aliphatic carbocycles. The quantitative estimate of drug-likeness (QED) is 0.381. The summed E-state index contributed by atoms with van der Waals surface area (Å²) in [5.41, 5.74) is 2.18. The summed E-state index contributed by atoms with van der Waals surface area (Å²) < 4.78 is 5.20. The Labute approximate surface area is 162 Å². The maximum atomic E-state index is 5.20. The maximum Gasteiger partial charge on any atom is 0.191 e. The number of nitrogens with one attached hydrogen (secondary N) is 2. The second kappa shape index (κ2) is 11.7. The first-order chi connectivity index (χ1) is 11.2. The molecule has 2 N–H and O–H groups in total. The number of guanidine groups is 1. The number of aliphatic imine (C=N–C) groups is 1. The van der Waals surface area contributed by atoms with Crippen molar-refractivity contribution in [3.05, 3.63) is 17.0 Å². The van der Waals surface area contributed by atoms with E-state index in [2.05, 4.69) is 32.6 Å². The van der Waals surface area contributed by atoms with Crippen molar-refractivity contribution in [1.29, 1.82) is 0 Å². The van der Waals surface area contributed by atoms with E-state index >= 15 is 0 Å². The molecule has 1 saturated heterocycles. The van der Waals surface area contributed by atoms with Crippen molar-refractivity contribution in [1.82, 2.24) is 20.7 Å². The van der Waals surface area contributed by atoms with Crippen LogP contribution in [0.5, 0.6) is 0 Å². The van der Waals surface area contributed by atoms with Gasteiger partial charge in [0.05, 0.1) is 12.2 Å². The maximum absolute atomic E-state index is 5.20. The Balaban J connectivity index is 0.00000288. The first-order valence-electron chi connectivity index (χ1n) is 8.87. The van der Waals surface area contributed by atoms with Gasteiger partial charge < -0.3 is 20.1 Å². The summed E-state index contributed by atoms with van der Waals surface area (Å²) in [5.74, 6) is 1.81. The van der Waals surface area contributed by atoms with Gasteiger partial charge in [0.1, 0.15) is 5.76 Å². The van der Waals surface area contributed by atoms with Crippen LogP contribution >= 0.6 is 24.0 Å². The summed E-state index contributed by atoms with van der Waals surface area (Å²) in [6.07, 6.45) is 4.95. The summed E-state index contributed by atoms with van der Waals surface area (Å²) in [6, 6.07) is 0. The van der Waals surface area contributed by atoms with E-state index < -0.39 is 0 Å². The standard InChI is InChI=1S/C17H31N5O.HI/c1-4-18-17(20-10-13-22-11-6-5-7-12-22)19-9-8-16-14(2)21-23-15(16)3;/h4-13H2,1-3H3,(H2,18,19,20);1H. The number of rotatable bonds is 7. The molecule has 0 bridgehead atoms. The Kier molecular flexibility index (Phi) is 10.3. The van der Waals surface area contributed by atoms with Crippen LogP contribution in [-0.2, 0) is 6.42 Å². The zero-order valence-electron chi connectivity index (χ0n) is 15.2. The van der Waals surface area contributed by atoms with E-state index in [0.29, 0.717) is 0 Å². The first kappa shape index (κ1) is 21.2. The highest BCUT2D eigenvalue weighted by Crippen LogP contribution is 2.12. The number of likely N-dealkylation sites (tertiary alicyclic amines) is 1. The van der Waals surface area contributed by atoms with Gasteiger partial charge in [0, 0.05) is 25.2 Å². The topological polar surface area (TPSA) is 65.7 Å². The lowest BCUT2D eigenvalue weighted by Gasteiger charge is -2.25. The Hall–Kier alpha value is -0.830. The van der Waals surface area contributed by atoms with E-state index in [0.717, 1.165) is 50.0 Å². The molecule has 0 aromatic carbocycles. The van der Waals surface area contributed by atoms with Crippen LogP contribution in [0.15, 0.2) is 9.52 Å². The van der Waals surface area contributed by atoms with E-state index in [9.17, 15) is 0 Å². The predicted molar refractivity (Wildman–Crippen MR) is 109 cm³/mol. The zero-order valence-corrected chi connectivity index (χ0v) is 17.6. The number of aromatic nitrogens is 1. The lowest BCUT2D eigenvalue weighted by atomic mass is 10.1. The highest BCUT2D eigenvalue weighted by Gasteiger charge is 2.10. The third-order valence-electron chi connectivity index (χ3n) is 4.33. The van der Waals surface area contributed by atoms with Crippen LogP contribution in [0.2, 0.25) is 0 Å². The number of piperidine rings is 1. The lowest BCUT2D eigenvalue weighted by molar-refractivity contribution is 0.235. The molecule has 0 spiro atoms. The highest BCUT2D eigenvalue weighted by molar-refractivity contribution is 14.0. The number of aryl methyl sites for hydroxylation is 2. The first-order valence-corrected chi connectivity index (χ1v) is 8.87. The van der Waals surface area contributed by atoms with Gasteiger partial charge >= 0.3 is 0 Å². The number of nitrogens with zero attached hydrogens (tertiary/aromatic N) is 3. The number of hydrogen-bond donors (Lipinski definition) is 2. The molecule has 1 fully saturated rings. The fraction of sp³-hybridized carbons (Fsp3) is 0.765. The third-order valence-corrected chi connectivity index (χ3v) is 4.33. The monoisotopic (exact) mass is 449 g/mol. The molecule has 0 unspecified atom stereocenters. The summed E-state index contributed by atoms with van der Waals surface area (Å²) in [4.78, 5) is 7.20. The average molecular weight is 449 g/mol. The molecule has 0 atom stereocenters. The molecule has 0 saturated carbocycles. The number of halogens is 1. The minimum atomic E-state index is 0. The van der Waals surface area contributed by atoms with E-state index in [4.69, 9.17) is 4.52 Å². The van der Waals surface area contributed by atoms with Crippen LogP contribution in [0.3, 0.4) is 0 Å². The molecule has 2 heterocycles. The van der Waals surface area contributed by atoms with Gasteiger partial charge in [-0.1, -0.05) is 11.6 Å². The van der Waals surface area contributed by atoms with Crippen LogP contribution in [0.4, 0.5) is 0 Å². The van der Waals surface area contributed by atoms with Gasteiger partial charge in [-0.15, -0.1) is 24.0 Å². The lowest BCUT2D eigenvalue weighted by Crippen LogP contribution is -2.39. The van der Waals surface area contributed by atoms with E-state index in [1.807, 2.05) is 13.8 Å². The van der Waals surface area contributed by atoms with Gasteiger partial charge in [0.2, 0.25) is 0 Å². The smallest absolute Gasteiger partial charge is 0.191 e. The normalized spacial score (nSPS) is 15.9. The van der Waals surface area contributed by atoms with Crippen molar-refractivity contribution < 1.29 is 4.52 Å². The van der Waals surface area contributed by atoms with Crippen molar-refractivity contribution >= 4 is 29.9 Å². The summed E-state index contributed by atoms with van der Waals surface area (Å²) in [5, 5.41) is 10.7. The molecule has 2 rings (SSSR count). The van der Waals surface area contributed by atoms with Crippen LogP contribution < -0.4 is 10.6 Å². The second-order valence-corrected chi connectivity index (χ2v) is 6.14. The Morgan fingerprint density at radius 1 is 1.21 bits per heavy atom. The molecular weight excluding hydrogens is 417 g/mol. The van der Waals surface area contributed by atoms with Gasteiger partial charge in [-0.3, -0.25) is 4.99 Å². The molecule has 1 aromatic rings. The Bertz CT molecular complexity index is 478. The summed E-state index contributed by atoms with van der Waals surface area (Å²) in [6.45, 7) is 12.1. The van der Waals surface area contributed by atoms with Crippen LogP contribution in [-0.4, -0.2) is 55.3 Å². The molecule has 24 heavy (non-hydrogen) atoms. The highest BCUT2D eigenvalue weighted by atomic mass is 127. The summed E-state index contributed by atoms with van der Waals surface area (Å²) in [7, 11) is 0. The minimum absolute atomic E-state index is 0. The van der Waals surface area contributed by atoms with E-state index in [-0.39, 0.29) is 24.0 Å². The summed E-state index contributed by atoms with van der Waals surface area (Å²) >= 11 is 0. The van der Waals surface area contributed by atoms with Gasteiger partial charge in [0.15, 0.2) is 5.96 Å². The van der Waals surface area contributed by atoms with Crippen LogP contribution in [0, 0.1) is 13.8 Å². The molecule has 1 aliphatic rings. The van der Waals surface area contributed by atoms with Crippen molar-refractivity contribution in [2.45, 2.75) is 46.5 Å². The molecule has 1 aliphatic heterocycles. The van der Waals surface area contributed by atoms with Crippen molar-refractivity contribution in [2.75, 3.05) is 39.3 Å². The number of hydrogen-bond acceptors (Lipinski definition) is 4. The van der Waals surface area contributed by atoms with Crippen molar-refractivity contribution in [3.8, 4) is 0 Å². The predicted octanol–water partition coefficient (Wildman–Crippen LogP) is 2.49. The van der Waals surface area contributed by atoms with Crippen LogP contribution in [0.25, 0.3) is 0 Å². The van der Waals surface area contributed by atoms with Gasteiger partial charge in [-0.2, -0.15) is 0 Å². The largest absolute Gasteiger partial charge is 0.361 e. The van der Waals surface area contributed by atoms with Gasteiger partial charge in [0.25, 0.3) is 0 Å². The van der Waals surface area contributed by atoms with Gasteiger partial charge in [-0.25, -0.2) is 0 Å². The molecule has 138 valence electrons. The Morgan fingerprint density at radius 3 is 2.58 bits per heavy atom. The SMILES string of the molecule is CCNC(=NCCN1CCCCC1)NCCc1c(C)noc1C.I. The molecule has 0 amide bonds. The van der Waals surface area contributed by atoms with E-state index in [1.54, 1.807) is 0 Å². The van der Waals surface area contributed by atoms with Crippen molar-refractivity contribution in [3.63, 3.8) is 0 Å². The molecular formula is C17H32IN5O. The van der Waals surface area contributed by atoms with Crippen molar-refractivity contribution in [2.24, 2.45) is 4.99 Å². The minimum Gasteiger partial charge on any atom is -0.361 e. The molecule has 0 radical (unpaired) electrons. The molecule has 6 nitrogen and oxygen atoms in total. The third kappa shape index (κ3) is 6.96. The average Bonchev–Trinajstić information content (AvgIpc) is 2.88. The Morgan fingerprint density at radius 2 is 1.96 bits per heavy atom. The van der Waals surface area contributed by atoms with Crippen LogP contribution in [0.1, 0.15) is 43.2 Å². The fourth-order valence-corrected chi connectivity index (χ4v) is 2.99. The zero-order chi connectivity index (χ0) is 16.5. The van der Waals surface area contributed by atoms with E-state index in [1.165, 1.54) is 37.9 Å². The fourth-order valence-electron chi connectivity index (χ4n) is 2.99. The second-order valence-electron chi connectivity index (χ2n) is 6.14. The van der Waals surface area contributed by atoms with Gasteiger partial charge in [-0.05, 0) is 53.1 Å². The molecule has 7 heteroatoms. The molecule has 1 aromatic heterocycles.